The molecule has 1 aromatic carbocycles. The Labute approximate surface area is 127 Å². The first-order valence-corrected chi connectivity index (χ1v) is 6.89. The molecule has 0 radical (unpaired) electrons. The third-order valence-corrected chi connectivity index (χ3v) is 3.41. The molecular formula is C16H15ClO4. The van der Waals surface area contributed by atoms with E-state index >= 15 is 0 Å². The van der Waals surface area contributed by atoms with Crippen LogP contribution >= 0.6 is 11.6 Å². The fraction of sp³-hybridized carbons (Fsp3) is 0.250. The predicted molar refractivity (Wildman–Crippen MR) is 78.6 cm³/mol. The molecule has 0 aliphatic heterocycles. The molecule has 0 fully saturated rings. The summed E-state index contributed by atoms with van der Waals surface area (Å²) in [5.74, 6) is 0.575. The highest BCUT2D eigenvalue weighted by molar-refractivity contribution is 6.30. The van der Waals surface area contributed by atoms with Gasteiger partial charge in [-0.1, -0.05) is 18.5 Å². The molecule has 21 heavy (non-hydrogen) atoms. The second kappa shape index (κ2) is 7.09. The van der Waals surface area contributed by atoms with Gasteiger partial charge < -0.3 is 9.15 Å². The minimum absolute atomic E-state index is 0.0262. The number of ether oxygens (including phenoxy) is 1. The Bertz CT molecular complexity index is 615. The zero-order valence-electron chi connectivity index (χ0n) is 11.5. The van der Waals surface area contributed by atoms with E-state index in [2.05, 4.69) is 0 Å². The second-order valence-corrected chi connectivity index (χ2v) is 5.22. The van der Waals surface area contributed by atoms with E-state index in [1.165, 1.54) is 0 Å². The fourth-order valence-electron chi connectivity index (χ4n) is 1.92. The fourth-order valence-corrected chi connectivity index (χ4v) is 2.05. The Morgan fingerprint density at radius 3 is 2.76 bits per heavy atom. The van der Waals surface area contributed by atoms with Gasteiger partial charge in [-0.25, -0.2) is 0 Å². The third kappa shape index (κ3) is 4.20. The van der Waals surface area contributed by atoms with Crippen LogP contribution in [-0.2, 0) is 16.0 Å². The van der Waals surface area contributed by atoms with Crippen LogP contribution in [0.15, 0.2) is 41.0 Å². The highest BCUT2D eigenvalue weighted by Gasteiger charge is 2.13. The minimum Gasteiger partial charge on any atom is -0.469 e. The van der Waals surface area contributed by atoms with E-state index in [1.807, 2.05) is 13.0 Å². The summed E-state index contributed by atoms with van der Waals surface area (Å²) in [7, 11) is 0. The van der Waals surface area contributed by atoms with Crippen LogP contribution in [0.25, 0.3) is 0 Å². The summed E-state index contributed by atoms with van der Waals surface area (Å²) in [5.41, 5.74) is 1.49. The van der Waals surface area contributed by atoms with E-state index in [-0.39, 0.29) is 24.7 Å². The summed E-state index contributed by atoms with van der Waals surface area (Å²) in [4.78, 5) is 22.3. The van der Waals surface area contributed by atoms with Crippen LogP contribution in [0.5, 0.6) is 0 Å². The molecule has 0 saturated carbocycles. The number of rotatable bonds is 7. The van der Waals surface area contributed by atoms with Crippen LogP contribution in [0.1, 0.15) is 34.5 Å². The molecule has 0 saturated heterocycles. The lowest BCUT2D eigenvalue weighted by Gasteiger charge is -2.05. The van der Waals surface area contributed by atoms with E-state index in [1.54, 1.807) is 30.5 Å². The summed E-state index contributed by atoms with van der Waals surface area (Å²) in [6, 6.07) is 8.55. The molecule has 2 aromatic rings. The first kappa shape index (κ1) is 15.3. The number of carbonyl (C=O) groups is 2. The molecule has 0 N–H and O–H groups in total. The van der Waals surface area contributed by atoms with Gasteiger partial charge in [0.25, 0.3) is 6.47 Å². The lowest BCUT2D eigenvalue weighted by molar-refractivity contribution is -0.129. The van der Waals surface area contributed by atoms with E-state index in [0.717, 1.165) is 5.56 Å². The summed E-state index contributed by atoms with van der Waals surface area (Å²) >= 11 is 5.79. The molecule has 5 heteroatoms. The van der Waals surface area contributed by atoms with Crippen molar-refractivity contribution in [2.45, 2.75) is 19.3 Å². The standard InChI is InChI=1S/C16H15ClO4/c1-11(8-20-10-18)13-6-15(21-9-13)7-16(19)12-2-4-14(17)5-3-12/h2-6,9-11H,7-8H2,1H3. The van der Waals surface area contributed by atoms with Gasteiger partial charge in [0.1, 0.15) is 5.76 Å². The van der Waals surface area contributed by atoms with E-state index in [0.29, 0.717) is 22.8 Å². The molecule has 1 atom stereocenters. The molecule has 0 aliphatic rings. The second-order valence-electron chi connectivity index (χ2n) is 4.78. The van der Waals surface area contributed by atoms with Crippen LogP contribution in [0.3, 0.4) is 0 Å². The Hall–Kier alpha value is -2.07. The molecule has 1 aromatic heterocycles. The number of halogens is 1. The maximum absolute atomic E-state index is 12.1. The topological polar surface area (TPSA) is 56.5 Å². The maximum Gasteiger partial charge on any atom is 0.293 e. The van der Waals surface area contributed by atoms with Gasteiger partial charge in [0.2, 0.25) is 0 Å². The van der Waals surface area contributed by atoms with Crippen molar-refractivity contribution < 1.29 is 18.7 Å². The summed E-state index contributed by atoms with van der Waals surface area (Å²) in [6.45, 7) is 2.62. The molecule has 0 spiro atoms. The van der Waals surface area contributed by atoms with Crippen molar-refractivity contribution in [3.05, 3.63) is 58.5 Å². The lowest BCUT2D eigenvalue weighted by Crippen LogP contribution is -2.03. The van der Waals surface area contributed by atoms with E-state index < -0.39 is 0 Å². The van der Waals surface area contributed by atoms with Gasteiger partial charge in [0, 0.05) is 16.5 Å². The summed E-state index contributed by atoms with van der Waals surface area (Å²) in [6.07, 6.45) is 1.77. The average Bonchev–Trinajstić information content (AvgIpc) is 2.94. The molecule has 1 unspecified atom stereocenters. The number of ketones is 1. The van der Waals surface area contributed by atoms with Gasteiger partial charge in [-0.3, -0.25) is 9.59 Å². The first-order chi connectivity index (χ1) is 10.1. The normalized spacial score (nSPS) is 11.9. The molecule has 0 bridgehead atoms. The summed E-state index contributed by atoms with van der Waals surface area (Å²) in [5, 5.41) is 0.593. The largest absolute Gasteiger partial charge is 0.469 e. The van der Waals surface area contributed by atoms with Gasteiger partial charge >= 0.3 is 0 Å². The average molecular weight is 307 g/mol. The lowest BCUT2D eigenvalue weighted by atomic mass is 10.0. The van der Waals surface area contributed by atoms with Crippen molar-refractivity contribution in [1.82, 2.24) is 0 Å². The number of benzene rings is 1. The van der Waals surface area contributed by atoms with Crippen molar-refractivity contribution in [2.75, 3.05) is 6.61 Å². The van der Waals surface area contributed by atoms with Crippen molar-refractivity contribution in [3.63, 3.8) is 0 Å². The molecule has 4 nitrogen and oxygen atoms in total. The Kier molecular flexibility index (Phi) is 5.17. The van der Waals surface area contributed by atoms with Gasteiger partial charge in [0.15, 0.2) is 5.78 Å². The summed E-state index contributed by atoms with van der Waals surface area (Å²) < 4.78 is 10.1. The van der Waals surface area contributed by atoms with Crippen LogP contribution in [0, 0.1) is 0 Å². The van der Waals surface area contributed by atoms with Gasteiger partial charge in [0.05, 0.1) is 19.3 Å². The van der Waals surface area contributed by atoms with Crippen LogP contribution < -0.4 is 0 Å². The van der Waals surface area contributed by atoms with Crippen LogP contribution in [-0.4, -0.2) is 18.9 Å². The highest BCUT2D eigenvalue weighted by Crippen LogP contribution is 2.20. The molecule has 110 valence electrons. The molecule has 2 rings (SSSR count). The zero-order chi connectivity index (χ0) is 15.2. The van der Waals surface area contributed by atoms with Crippen LogP contribution in [0.4, 0.5) is 0 Å². The van der Waals surface area contributed by atoms with Crippen LogP contribution in [0.2, 0.25) is 5.02 Å². The quantitative estimate of drug-likeness (QED) is 0.579. The van der Waals surface area contributed by atoms with E-state index in [4.69, 9.17) is 20.8 Å². The van der Waals surface area contributed by atoms with Crippen molar-refractivity contribution in [1.29, 1.82) is 0 Å². The molecule has 0 amide bonds. The van der Waals surface area contributed by atoms with Gasteiger partial charge in [-0.15, -0.1) is 0 Å². The van der Waals surface area contributed by atoms with Gasteiger partial charge in [-0.2, -0.15) is 0 Å². The smallest absolute Gasteiger partial charge is 0.293 e. The zero-order valence-corrected chi connectivity index (χ0v) is 12.3. The number of hydrogen-bond donors (Lipinski definition) is 0. The Balaban J connectivity index is 2.00. The number of Topliss-reactive ketones (excluding diaryl/α,β-unsaturated/α-hetero) is 1. The number of hydrogen-bond acceptors (Lipinski definition) is 4. The SMILES string of the molecule is CC(COC=O)c1coc(CC(=O)c2ccc(Cl)cc2)c1. The maximum atomic E-state index is 12.1. The molecular weight excluding hydrogens is 292 g/mol. The van der Waals surface area contributed by atoms with E-state index in [9.17, 15) is 9.59 Å². The highest BCUT2D eigenvalue weighted by atomic mass is 35.5. The molecule has 0 aliphatic carbocycles. The number of carbonyl (C=O) groups excluding carboxylic acids is 2. The van der Waals surface area contributed by atoms with Crippen molar-refractivity contribution in [3.8, 4) is 0 Å². The number of furan rings is 1. The van der Waals surface area contributed by atoms with Gasteiger partial charge in [-0.05, 0) is 35.9 Å². The monoisotopic (exact) mass is 306 g/mol. The third-order valence-electron chi connectivity index (χ3n) is 3.16. The Morgan fingerprint density at radius 2 is 2.10 bits per heavy atom. The Morgan fingerprint density at radius 1 is 1.38 bits per heavy atom. The predicted octanol–water partition coefficient (Wildman–Crippen LogP) is 3.63. The van der Waals surface area contributed by atoms with Crippen molar-refractivity contribution >= 4 is 23.9 Å². The minimum atomic E-state index is -0.0376. The molecule has 1 heterocycles. The first-order valence-electron chi connectivity index (χ1n) is 6.51. The van der Waals surface area contributed by atoms with Crippen molar-refractivity contribution in [2.24, 2.45) is 0 Å².